The number of ether oxygens (including phenoxy) is 1. The Bertz CT molecular complexity index is 989. The maximum Gasteiger partial charge on any atom is 0.261 e. The quantitative estimate of drug-likeness (QED) is 0.755. The number of nitrogens with zero attached hydrogens (tertiary/aromatic N) is 2. The van der Waals surface area contributed by atoms with E-state index in [0.29, 0.717) is 17.3 Å². The number of nitrogens with one attached hydrogen (secondary N) is 1. The Hall–Kier alpha value is -2.93. The third-order valence-corrected chi connectivity index (χ3v) is 5.02. The number of benzene rings is 2. The molecule has 0 radical (unpaired) electrons. The molecule has 1 aromatic heterocycles. The first kappa shape index (κ1) is 16.9. The second kappa shape index (κ2) is 6.90. The molecule has 1 N–H and O–H groups in total. The van der Waals surface area contributed by atoms with E-state index in [9.17, 15) is 8.42 Å². The number of sulfonamides is 1. The Labute approximate surface area is 146 Å². The van der Waals surface area contributed by atoms with Crippen molar-refractivity contribution in [1.29, 1.82) is 0 Å². The number of rotatable bonds is 5. The molecule has 0 aliphatic heterocycles. The van der Waals surface area contributed by atoms with Gasteiger partial charge in [0, 0.05) is 18.5 Å². The predicted molar refractivity (Wildman–Crippen MR) is 95.3 cm³/mol. The molecule has 0 aliphatic rings. The zero-order valence-corrected chi connectivity index (χ0v) is 14.6. The molecule has 2 aromatic carbocycles. The van der Waals surface area contributed by atoms with Gasteiger partial charge < -0.3 is 4.74 Å². The Balaban J connectivity index is 1.82. The van der Waals surface area contributed by atoms with Gasteiger partial charge in [0.25, 0.3) is 10.0 Å². The average Bonchev–Trinajstić information content (AvgIpc) is 2.58. The molecule has 0 bridgehead atoms. The maximum atomic E-state index is 12.6. The predicted octanol–water partition coefficient (Wildman–Crippen LogP) is 3.69. The van der Waals surface area contributed by atoms with Crippen molar-refractivity contribution in [3.63, 3.8) is 0 Å². The summed E-state index contributed by atoms with van der Waals surface area (Å²) in [5.41, 5.74) is 2.36. The van der Waals surface area contributed by atoms with Gasteiger partial charge in [-0.2, -0.15) is 0 Å². The van der Waals surface area contributed by atoms with E-state index >= 15 is 0 Å². The van der Waals surface area contributed by atoms with Crippen molar-refractivity contribution >= 4 is 15.7 Å². The van der Waals surface area contributed by atoms with E-state index in [2.05, 4.69) is 14.7 Å². The molecule has 128 valence electrons. The molecule has 0 spiro atoms. The lowest BCUT2D eigenvalue weighted by Gasteiger charge is -2.11. The van der Waals surface area contributed by atoms with Crippen molar-refractivity contribution in [3.8, 4) is 11.6 Å². The van der Waals surface area contributed by atoms with Gasteiger partial charge in [-0.05, 0) is 49.2 Å². The normalized spacial score (nSPS) is 11.1. The Kier molecular flexibility index (Phi) is 4.67. The minimum Gasteiger partial charge on any atom is -0.437 e. The van der Waals surface area contributed by atoms with Crippen LogP contribution in [0.4, 0.5) is 5.69 Å². The average molecular weight is 355 g/mol. The van der Waals surface area contributed by atoms with Gasteiger partial charge in [-0.3, -0.25) is 9.71 Å². The van der Waals surface area contributed by atoms with Crippen LogP contribution in [0.15, 0.2) is 66.0 Å². The summed E-state index contributed by atoms with van der Waals surface area (Å²) in [4.78, 5) is 8.16. The van der Waals surface area contributed by atoms with Crippen molar-refractivity contribution in [3.05, 3.63) is 72.2 Å². The lowest BCUT2D eigenvalue weighted by Crippen LogP contribution is -2.13. The van der Waals surface area contributed by atoms with Crippen LogP contribution in [-0.2, 0) is 10.0 Å². The van der Waals surface area contributed by atoms with Gasteiger partial charge in [-0.1, -0.05) is 12.1 Å². The van der Waals surface area contributed by atoms with Crippen LogP contribution < -0.4 is 9.46 Å². The summed E-state index contributed by atoms with van der Waals surface area (Å²) < 4.78 is 33.3. The first-order valence-corrected chi connectivity index (χ1v) is 9.06. The summed E-state index contributed by atoms with van der Waals surface area (Å²) in [5, 5.41) is 0. The number of hydrogen-bond donors (Lipinski definition) is 1. The zero-order valence-electron chi connectivity index (χ0n) is 13.8. The fraction of sp³-hybridized carbons (Fsp3) is 0.111. The molecule has 0 amide bonds. The van der Waals surface area contributed by atoms with E-state index in [1.165, 1.54) is 12.4 Å². The second-order valence-electron chi connectivity index (χ2n) is 5.53. The molecule has 7 heteroatoms. The van der Waals surface area contributed by atoms with Crippen LogP contribution in [0, 0.1) is 13.8 Å². The molecule has 1 heterocycles. The standard InChI is InChI=1S/C18H17N3O3S/c1-13-6-7-17(10-14(13)2)25(22,23)21-15-4-3-5-16(11-15)24-18-12-19-8-9-20-18/h3-12,21H,1-2H3. The summed E-state index contributed by atoms with van der Waals surface area (Å²) in [5.74, 6) is 0.789. The maximum absolute atomic E-state index is 12.6. The molecule has 6 nitrogen and oxygen atoms in total. The first-order chi connectivity index (χ1) is 11.9. The van der Waals surface area contributed by atoms with Crippen LogP contribution in [-0.4, -0.2) is 18.4 Å². The summed E-state index contributed by atoms with van der Waals surface area (Å²) in [6.07, 6.45) is 4.54. The Morgan fingerprint density at radius 2 is 1.84 bits per heavy atom. The first-order valence-electron chi connectivity index (χ1n) is 7.58. The molecule has 0 atom stereocenters. The van der Waals surface area contributed by atoms with Crippen molar-refractivity contribution in [2.24, 2.45) is 0 Å². The van der Waals surface area contributed by atoms with Crippen LogP contribution in [0.2, 0.25) is 0 Å². The number of aromatic nitrogens is 2. The molecule has 3 rings (SSSR count). The Morgan fingerprint density at radius 3 is 2.56 bits per heavy atom. The van der Waals surface area contributed by atoms with Crippen molar-refractivity contribution < 1.29 is 13.2 Å². The molecule has 0 unspecified atom stereocenters. The summed E-state index contributed by atoms with van der Waals surface area (Å²) >= 11 is 0. The zero-order chi connectivity index (χ0) is 17.9. The third kappa shape index (κ3) is 4.13. The van der Waals surface area contributed by atoms with Gasteiger partial charge in [0.05, 0.1) is 16.8 Å². The fourth-order valence-corrected chi connectivity index (χ4v) is 3.31. The number of aryl methyl sites for hydroxylation is 2. The van der Waals surface area contributed by atoms with E-state index in [4.69, 9.17) is 4.74 Å². The second-order valence-corrected chi connectivity index (χ2v) is 7.21. The minimum absolute atomic E-state index is 0.218. The van der Waals surface area contributed by atoms with Gasteiger partial charge in [0.15, 0.2) is 0 Å². The van der Waals surface area contributed by atoms with E-state index in [-0.39, 0.29) is 4.90 Å². The summed E-state index contributed by atoms with van der Waals surface area (Å²) in [7, 11) is -3.68. The molecular weight excluding hydrogens is 338 g/mol. The highest BCUT2D eigenvalue weighted by Gasteiger charge is 2.15. The van der Waals surface area contributed by atoms with E-state index in [1.807, 2.05) is 13.8 Å². The number of hydrogen-bond acceptors (Lipinski definition) is 5. The van der Waals surface area contributed by atoms with Crippen LogP contribution >= 0.6 is 0 Å². The van der Waals surface area contributed by atoms with Gasteiger partial charge in [-0.25, -0.2) is 13.4 Å². The van der Waals surface area contributed by atoms with Crippen molar-refractivity contribution in [2.75, 3.05) is 4.72 Å². The monoisotopic (exact) mass is 355 g/mol. The van der Waals surface area contributed by atoms with Crippen LogP contribution in [0.25, 0.3) is 0 Å². The molecule has 3 aromatic rings. The summed E-state index contributed by atoms with van der Waals surface area (Å²) in [6, 6.07) is 11.7. The molecule has 0 saturated heterocycles. The van der Waals surface area contributed by atoms with E-state index < -0.39 is 10.0 Å². The minimum atomic E-state index is -3.68. The van der Waals surface area contributed by atoms with Gasteiger partial charge in [0.1, 0.15) is 5.75 Å². The fourth-order valence-electron chi connectivity index (χ4n) is 2.18. The topological polar surface area (TPSA) is 81.2 Å². The van der Waals surface area contributed by atoms with Crippen LogP contribution in [0.5, 0.6) is 11.6 Å². The molecule has 0 saturated carbocycles. The number of anilines is 1. The highest BCUT2D eigenvalue weighted by Crippen LogP contribution is 2.24. The smallest absolute Gasteiger partial charge is 0.261 e. The van der Waals surface area contributed by atoms with Crippen LogP contribution in [0.1, 0.15) is 11.1 Å². The van der Waals surface area contributed by atoms with Crippen LogP contribution in [0.3, 0.4) is 0 Å². The van der Waals surface area contributed by atoms with E-state index in [1.54, 1.807) is 48.7 Å². The van der Waals surface area contributed by atoms with Crippen molar-refractivity contribution in [2.45, 2.75) is 18.7 Å². The summed E-state index contributed by atoms with van der Waals surface area (Å²) in [6.45, 7) is 3.82. The lowest BCUT2D eigenvalue weighted by atomic mass is 10.1. The highest BCUT2D eigenvalue weighted by molar-refractivity contribution is 7.92. The van der Waals surface area contributed by atoms with E-state index in [0.717, 1.165) is 11.1 Å². The third-order valence-electron chi connectivity index (χ3n) is 3.64. The van der Waals surface area contributed by atoms with Gasteiger partial charge in [-0.15, -0.1) is 0 Å². The molecular formula is C18H17N3O3S. The largest absolute Gasteiger partial charge is 0.437 e. The van der Waals surface area contributed by atoms with Gasteiger partial charge >= 0.3 is 0 Å². The molecule has 0 aliphatic carbocycles. The molecule has 25 heavy (non-hydrogen) atoms. The molecule has 0 fully saturated rings. The SMILES string of the molecule is Cc1ccc(S(=O)(=O)Nc2cccc(Oc3cnccn3)c2)cc1C. The lowest BCUT2D eigenvalue weighted by molar-refractivity contribution is 0.460. The van der Waals surface area contributed by atoms with Gasteiger partial charge in [0.2, 0.25) is 5.88 Å². The highest BCUT2D eigenvalue weighted by atomic mass is 32.2. The van der Waals surface area contributed by atoms with Crippen molar-refractivity contribution in [1.82, 2.24) is 9.97 Å². The Morgan fingerprint density at radius 1 is 1.00 bits per heavy atom.